The Morgan fingerprint density at radius 1 is 1.42 bits per heavy atom. The predicted octanol–water partition coefficient (Wildman–Crippen LogP) is 2.82. The van der Waals surface area contributed by atoms with Crippen LogP contribution < -0.4 is 4.72 Å². The first kappa shape index (κ1) is 13.8. The number of hydrogen-bond acceptors (Lipinski definition) is 4. The highest BCUT2D eigenvalue weighted by Crippen LogP contribution is 2.48. The number of rotatable bonds is 4. The lowest BCUT2D eigenvalue weighted by atomic mass is 9.89. The molecule has 0 amide bonds. The highest BCUT2D eigenvalue weighted by molar-refractivity contribution is 7.91. The Kier molecular flexibility index (Phi) is 3.62. The zero-order chi connectivity index (χ0) is 13.6. The lowest BCUT2D eigenvalue weighted by molar-refractivity contribution is 0.333. The average molecular weight is 321 g/mol. The van der Waals surface area contributed by atoms with Crippen molar-refractivity contribution in [3.63, 3.8) is 0 Å². The van der Waals surface area contributed by atoms with E-state index >= 15 is 0 Å². The zero-order valence-electron chi connectivity index (χ0n) is 10.7. The minimum Gasteiger partial charge on any atom is -0.229 e. The van der Waals surface area contributed by atoms with Gasteiger partial charge in [-0.3, -0.25) is 0 Å². The Labute approximate surface area is 122 Å². The minimum atomic E-state index is -3.45. The molecule has 0 aliphatic heterocycles. The summed E-state index contributed by atoms with van der Waals surface area (Å²) >= 11 is 6.79. The molecule has 3 unspecified atom stereocenters. The molecule has 1 N–H and O–H groups in total. The van der Waals surface area contributed by atoms with E-state index in [2.05, 4.69) is 9.71 Å². The van der Waals surface area contributed by atoms with Gasteiger partial charge in [-0.15, -0.1) is 0 Å². The summed E-state index contributed by atoms with van der Waals surface area (Å²) in [5, 5.41) is 0. The molecule has 0 radical (unpaired) electrons. The van der Waals surface area contributed by atoms with Crippen LogP contribution in [0.3, 0.4) is 0 Å². The van der Waals surface area contributed by atoms with E-state index in [-0.39, 0.29) is 8.68 Å². The van der Waals surface area contributed by atoms with Crippen molar-refractivity contribution in [2.45, 2.75) is 36.8 Å². The van der Waals surface area contributed by atoms with Gasteiger partial charge in [0.05, 0.1) is 5.69 Å². The van der Waals surface area contributed by atoms with Crippen molar-refractivity contribution in [2.75, 3.05) is 6.54 Å². The van der Waals surface area contributed by atoms with Gasteiger partial charge in [0.15, 0.2) is 8.68 Å². The Balaban J connectivity index is 1.67. The molecule has 2 bridgehead atoms. The molecule has 3 rings (SSSR count). The summed E-state index contributed by atoms with van der Waals surface area (Å²) in [6, 6.07) is 0. The van der Waals surface area contributed by atoms with E-state index in [9.17, 15) is 8.42 Å². The minimum absolute atomic E-state index is 0.251. The van der Waals surface area contributed by atoms with Crippen LogP contribution in [-0.2, 0) is 10.0 Å². The second-order valence-electron chi connectivity index (χ2n) is 5.63. The number of nitrogens with zero attached hydrogens (tertiary/aromatic N) is 1. The van der Waals surface area contributed by atoms with E-state index in [1.54, 1.807) is 6.92 Å². The maximum absolute atomic E-state index is 12.2. The highest BCUT2D eigenvalue weighted by Gasteiger charge is 2.39. The molecule has 2 saturated carbocycles. The number of fused-ring (bicyclic) bond motifs is 2. The van der Waals surface area contributed by atoms with E-state index in [0.717, 1.165) is 23.2 Å². The third kappa shape index (κ3) is 2.68. The molecule has 2 fully saturated rings. The highest BCUT2D eigenvalue weighted by atomic mass is 35.5. The van der Waals surface area contributed by atoms with Crippen molar-refractivity contribution in [1.29, 1.82) is 0 Å². The summed E-state index contributed by atoms with van der Waals surface area (Å²) in [4.78, 5) is 3.96. The predicted molar refractivity (Wildman–Crippen MR) is 76.0 cm³/mol. The maximum Gasteiger partial charge on any atom is 0.251 e. The molecule has 0 aromatic carbocycles. The number of halogens is 1. The standard InChI is InChI=1S/C12H17ClN2O2S2/c1-7-11(18-12(13)15-7)19(16,17)14-6-10-5-8-2-3-9(10)4-8/h8-10,14H,2-6H2,1H3. The summed E-state index contributed by atoms with van der Waals surface area (Å²) in [7, 11) is -3.45. The normalized spacial score (nSPS) is 30.1. The van der Waals surface area contributed by atoms with Crippen molar-refractivity contribution in [3.05, 3.63) is 10.2 Å². The van der Waals surface area contributed by atoms with Crippen LogP contribution in [0.5, 0.6) is 0 Å². The Morgan fingerprint density at radius 2 is 2.21 bits per heavy atom. The fraction of sp³-hybridized carbons (Fsp3) is 0.750. The number of hydrogen-bond donors (Lipinski definition) is 1. The Hall–Kier alpha value is -0.170. The molecule has 2 aliphatic rings. The third-order valence-electron chi connectivity index (χ3n) is 4.39. The van der Waals surface area contributed by atoms with E-state index in [1.807, 2.05) is 0 Å². The Morgan fingerprint density at radius 3 is 2.74 bits per heavy atom. The van der Waals surface area contributed by atoms with Gasteiger partial charge in [-0.25, -0.2) is 18.1 Å². The first-order valence-corrected chi connectivity index (χ1v) is 9.26. The summed E-state index contributed by atoms with van der Waals surface area (Å²) in [6.45, 7) is 2.23. The van der Waals surface area contributed by atoms with Crippen molar-refractivity contribution in [1.82, 2.24) is 9.71 Å². The first-order valence-electron chi connectivity index (χ1n) is 6.58. The van der Waals surface area contributed by atoms with Crippen LogP contribution in [0.4, 0.5) is 0 Å². The smallest absolute Gasteiger partial charge is 0.229 e. The molecule has 0 spiro atoms. The SMILES string of the molecule is Cc1nc(Cl)sc1S(=O)(=O)NCC1CC2CCC1C2. The topological polar surface area (TPSA) is 59.1 Å². The van der Waals surface area contributed by atoms with Crippen LogP contribution in [-0.4, -0.2) is 19.9 Å². The van der Waals surface area contributed by atoms with Crippen LogP contribution in [0, 0.1) is 24.7 Å². The third-order valence-corrected chi connectivity index (χ3v) is 7.69. The molecule has 3 atom stereocenters. The van der Waals surface area contributed by atoms with Gasteiger partial charge in [0.1, 0.15) is 0 Å². The van der Waals surface area contributed by atoms with E-state index < -0.39 is 10.0 Å². The van der Waals surface area contributed by atoms with E-state index in [1.165, 1.54) is 25.7 Å². The van der Waals surface area contributed by atoms with Gasteiger partial charge in [-0.1, -0.05) is 29.4 Å². The quantitative estimate of drug-likeness (QED) is 0.928. The van der Waals surface area contributed by atoms with Crippen molar-refractivity contribution >= 4 is 33.0 Å². The zero-order valence-corrected chi connectivity index (χ0v) is 13.1. The molecule has 1 heterocycles. The first-order chi connectivity index (χ1) is 8.95. The summed E-state index contributed by atoms with van der Waals surface area (Å²) < 4.78 is 27.7. The number of aromatic nitrogens is 1. The summed E-state index contributed by atoms with van der Waals surface area (Å²) in [6.07, 6.45) is 5.06. The lowest BCUT2D eigenvalue weighted by Gasteiger charge is -2.21. The van der Waals surface area contributed by atoms with Gasteiger partial charge in [0, 0.05) is 6.54 Å². The van der Waals surface area contributed by atoms with Crippen molar-refractivity contribution in [3.8, 4) is 0 Å². The fourth-order valence-electron chi connectivity index (χ4n) is 3.51. The second-order valence-corrected chi connectivity index (χ2v) is 9.17. The molecule has 1 aromatic rings. The molecule has 106 valence electrons. The van der Waals surface area contributed by atoms with E-state index in [4.69, 9.17) is 11.6 Å². The van der Waals surface area contributed by atoms with Gasteiger partial charge in [-0.05, 0) is 43.9 Å². The van der Waals surface area contributed by atoms with Crippen LogP contribution in [0.1, 0.15) is 31.4 Å². The maximum atomic E-state index is 12.2. The molecule has 4 nitrogen and oxygen atoms in total. The summed E-state index contributed by atoms with van der Waals surface area (Å²) in [5.74, 6) is 2.06. The molecule has 7 heteroatoms. The fourth-order valence-corrected chi connectivity index (χ4v) is 6.38. The number of thiazole rings is 1. The van der Waals surface area contributed by atoms with Gasteiger partial charge >= 0.3 is 0 Å². The van der Waals surface area contributed by atoms with Crippen LogP contribution in [0.2, 0.25) is 4.47 Å². The van der Waals surface area contributed by atoms with Crippen molar-refractivity contribution < 1.29 is 8.42 Å². The second kappa shape index (κ2) is 4.98. The molecule has 0 saturated heterocycles. The van der Waals surface area contributed by atoms with Gasteiger partial charge in [-0.2, -0.15) is 0 Å². The van der Waals surface area contributed by atoms with Crippen LogP contribution >= 0.6 is 22.9 Å². The van der Waals surface area contributed by atoms with Gasteiger partial charge in [0.2, 0.25) is 0 Å². The average Bonchev–Trinajstić information content (AvgIpc) is 3.02. The molecule has 1 aromatic heterocycles. The van der Waals surface area contributed by atoms with E-state index in [0.29, 0.717) is 18.2 Å². The van der Waals surface area contributed by atoms with Crippen molar-refractivity contribution in [2.24, 2.45) is 17.8 Å². The monoisotopic (exact) mass is 320 g/mol. The molecule has 19 heavy (non-hydrogen) atoms. The molecular weight excluding hydrogens is 304 g/mol. The molecule has 2 aliphatic carbocycles. The number of aryl methyl sites for hydroxylation is 1. The van der Waals surface area contributed by atoms with Crippen LogP contribution in [0.25, 0.3) is 0 Å². The number of nitrogens with one attached hydrogen (secondary N) is 1. The lowest BCUT2D eigenvalue weighted by Crippen LogP contribution is -2.31. The number of sulfonamides is 1. The largest absolute Gasteiger partial charge is 0.251 e. The van der Waals surface area contributed by atoms with Crippen LogP contribution in [0.15, 0.2) is 4.21 Å². The summed E-state index contributed by atoms with van der Waals surface area (Å²) in [5.41, 5.74) is 0.482. The van der Waals surface area contributed by atoms with Gasteiger partial charge in [0.25, 0.3) is 10.0 Å². The molecular formula is C12H17ClN2O2S2. The van der Waals surface area contributed by atoms with Gasteiger partial charge < -0.3 is 0 Å². The Bertz CT molecular complexity index is 585.